The van der Waals surface area contributed by atoms with Gasteiger partial charge in [-0.25, -0.2) is 9.59 Å². The molecular weight excluding hydrogens is 298 g/mol. The third-order valence-corrected chi connectivity index (χ3v) is 3.37. The van der Waals surface area contributed by atoms with Crippen molar-refractivity contribution in [1.29, 1.82) is 0 Å². The lowest BCUT2D eigenvalue weighted by atomic mass is 9.92. The Morgan fingerprint density at radius 1 is 1.13 bits per heavy atom. The second-order valence-corrected chi connectivity index (χ2v) is 8.02. The molecule has 0 aromatic heterocycles. The number of hydrogen-bond donors (Lipinski definition) is 2. The number of amides is 2. The van der Waals surface area contributed by atoms with Gasteiger partial charge >= 0.3 is 12.2 Å². The van der Waals surface area contributed by atoms with Crippen molar-refractivity contribution in [2.75, 3.05) is 19.6 Å². The van der Waals surface area contributed by atoms with E-state index in [1.54, 1.807) is 4.90 Å². The van der Waals surface area contributed by atoms with Gasteiger partial charge in [0.2, 0.25) is 0 Å². The van der Waals surface area contributed by atoms with E-state index in [-0.39, 0.29) is 18.1 Å². The summed E-state index contributed by atoms with van der Waals surface area (Å²) in [5, 5.41) is 2.75. The molecule has 1 fully saturated rings. The molecule has 0 aromatic carbocycles. The SMILES string of the molecule is CC(C)(C)OC(=O)NC[C@@H]1CCN(C(=O)OC(C)(C)C)C[C@@H]1N. The van der Waals surface area contributed by atoms with E-state index >= 15 is 0 Å². The van der Waals surface area contributed by atoms with E-state index < -0.39 is 17.3 Å². The number of nitrogens with zero attached hydrogens (tertiary/aromatic N) is 1. The van der Waals surface area contributed by atoms with Gasteiger partial charge < -0.3 is 25.4 Å². The van der Waals surface area contributed by atoms with Gasteiger partial charge in [0.1, 0.15) is 11.2 Å². The maximum absolute atomic E-state index is 12.0. The van der Waals surface area contributed by atoms with Crippen LogP contribution in [-0.2, 0) is 9.47 Å². The normalized spacial score (nSPS) is 22.5. The molecular formula is C16H31N3O4. The highest BCUT2D eigenvalue weighted by molar-refractivity contribution is 5.68. The lowest BCUT2D eigenvalue weighted by Gasteiger charge is -2.37. The molecule has 3 N–H and O–H groups in total. The zero-order valence-electron chi connectivity index (χ0n) is 15.1. The molecule has 134 valence electrons. The van der Waals surface area contributed by atoms with Crippen molar-refractivity contribution in [3.63, 3.8) is 0 Å². The molecule has 1 saturated heterocycles. The van der Waals surface area contributed by atoms with Gasteiger partial charge in [0.05, 0.1) is 0 Å². The minimum absolute atomic E-state index is 0.112. The fourth-order valence-corrected chi connectivity index (χ4v) is 2.30. The highest BCUT2D eigenvalue weighted by atomic mass is 16.6. The Kier molecular flexibility index (Phi) is 6.27. The van der Waals surface area contributed by atoms with E-state index in [9.17, 15) is 9.59 Å². The van der Waals surface area contributed by atoms with Gasteiger partial charge in [-0.15, -0.1) is 0 Å². The summed E-state index contributed by atoms with van der Waals surface area (Å²) in [7, 11) is 0. The van der Waals surface area contributed by atoms with Crippen molar-refractivity contribution in [3.8, 4) is 0 Å². The quantitative estimate of drug-likeness (QED) is 0.809. The van der Waals surface area contributed by atoms with E-state index in [4.69, 9.17) is 15.2 Å². The molecule has 1 aliphatic rings. The molecule has 23 heavy (non-hydrogen) atoms. The number of rotatable bonds is 2. The Hall–Kier alpha value is -1.50. The topological polar surface area (TPSA) is 93.9 Å². The Morgan fingerprint density at radius 3 is 2.17 bits per heavy atom. The van der Waals surface area contributed by atoms with E-state index in [1.165, 1.54) is 0 Å². The molecule has 2 atom stereocenters. The number of nitrogens with two attached hydrogens (primary N) is 1. The highest BCUT2D eigenvalue weighted by Gasteiger charge is 2.32. The van der Waals surface area contributed by atoms with Crippen LogP contribution < -0.4 is 11.1 Å². The number of hydrogen-bond acceptors (Lipinski definition) is 5. The fraction of sp³-hybridized carbons (Fsp3) is 0.875. The summed E-state index contributed by atoms with van der Waals surface area (Å²) in [4.78, 5) is 25.4. The fourth-order valence-electron chi connectivity index (χ4n) is 2.30. The molecule has 7 heteroatoms. The summed E-state index contributed by atoms with van der Waals surface area (Å²) >= 11 is 0. The van der Waals surface area contributed by atoms with Crippen molar-refractivity contribution < 1.29 is 19.1 Å². The molecule has 0 unspecified atom stereocenters. The number of ether oxygens (including phenoxy) is 2. The van der Waals surface area contributed by atoms with Crippen LogP contribution in [0.25, 0.3) is 0 Å². The minimum atomic E-state index is -0.522. The first-order valence-electron chi connectivity index (χ1n) is 8.08. The van der Waals surface area contributed by atoms with Crippen LogP contribution >= 0.6 is 0 Å². The van der Waals surface area contributed by atoms with Crippen molar-refractivity contribution in [3.05, 3.63) is 0 Å². The number of likely N-dealkylation sites (tertiary alicyclic amines) is 1. The summed E-state index contributed by atoms with van der Waals surface area (Å²) in [5.41, 5.74) is 5.10. The maximum Gasteiger partial charge on any atom is 0.410 e. The number of piperidine rings is 1. The predicted molar refractivity (Wildman–Crippen MR) is 88.1 cm³/mol. The van der Waals surface area contributed by atoms with Crippen LogP contribution in [0, 0.1) is 5.92 Å². The molecule has 0 spiro atoms. The highest BCUT2D eigenvalue weighted by Crippen LogP contribution is 2.19. The molecule has 0 aromatic rings. The first-order chi connectivity index (χ1) is 10.4. The van der Waals surface area contributed by atoms with Crippen LogP contribution in [-0.4, -0.2) is 54.0 Å². The van der Waals surface area contributed by atoms with Crippen LogP contribution in [0.2, 0.25) is 0 Å². The number of alkyl carbamates (subject to hydrolysis) is 1. The van der Waals surface area contributed by atoms with Crippen molar-refractivity contribution >= 4 is 12.2 Å². The second-order valence-electron chi connectivity index (χ2n) is 8.02. The van der Waals surface area contributed by atoms with Gasteiger partial charge in [-0.3, -0.25) is 0 Å². The molecule has 1 rings (SSSR count). The third-order valence-electron chi connectivity index (χ3n) is 3.37. The second kappa shape index (κ2) is 7.38. The van der Waals surface area contributed by atoms with Crippen LogP contribution in [0.5, 0.6) is 0 Å². The van der Waals surface area contributed by atoms with Crippen LogP contribution in [0.1, 0.15) is 48.0 Å². The monoisotopic (exact) mass is 329 g/mol. The van der Waals surface area contributed by atoms with Crippen LogP contribution in [0.15, 0.2) is 0 Å². The van der Waals surface area contributed by atoms with Gasteiger partial charge in [0.15, 0.2) is 0 Å². The largest absolute Gasteiger partial charge is 0.444 e. The maximum atomic E-state index is 12.0. The van der Waals surface area contributed by atoms with Crippen molar-refractivity contribution in [2.45, 2.75) is 65.2 Å². The molecule has 2 amide bonds. The van der Waals surface area contributed by atoms with Crippen LogP contribution in [0.4, 0.5) is 9.59 Å². The molecule has 0 aliphatic carbocycles. The summed E-state index contributed by atoms with van der Waals surface area (Å²) < 4.78 is 10.6. The summed E-state index contributed by atoms with van der Waals surface area (Å²) in [6.07, 6.45) is -0.0679. The molecule has 0 radical (unpaired) electrons. The molecule has 1 heterocycles. The minimum Gasteiger partial charge on any atom is -0.444 e. The first kappa shape index (κ1) is 19.5. The third kappa shape index (κ3) is 7.54. The standard InChI is InChI=1S/C16H31N3O4/c1-15(2,3)22-13(20)18-9-11-7-8-19(10-12(11)17)14(21)23-16(4,5)6/h11-12H,7-10,17H2,1-6H3,(H,18,20)/t11-,12-/m0/s1. The van der Waals surface area contributed by atoms with Crippen LogP contribution in [0.3, 0.4) is 0 Å². The number of nitrogens with one attached hydrogen (secondary N) is 1. The zero-order chi connectivity index (χ0) is 17.8. The number of carbonyl (C=O) groups excluding carboxylic acids is 2. The average Bonchev–Trinajstić information content (AvgIpc) is 2.33. The Bertz CT molecular complexity index is 426. The molecule has 1 aliphatic heterocycles. The summed E-state index contributed by atoms with van der Waals surface area (Å²) in [6.45, 7) is 12.4. The van der Waals surface area contributed by atoms with Gasteiger partial charge in [-0.1, -0.05) is 0 Å². The average molecular weight is 329 g/mol. The zero-order valence-corrected chi connectivity index (χ0v) is 15.1. The summed E-state index contributed by atoms with van der Waals surface area (Å²) in [5.74, 6) is 0.112. The van der Waals surface area contributed by atoms with E-state index in [0.717, 1.165) is 6.42 Å². The number of carbonyl (C=O) groups is 2. The first-order valence-corrected chi connectivity index (χ1v) is 8.08. The summed E-state index contributed by atoms with van der Waals surface area (Å²) in [6, 6.07) is -0.203. The Morgan fingerprint density at radius 2 is 1.70 bits per heavy atom. The smallest absolute Gasteiger partial charge is 0.410 e. The Labute approximate surface area is 138 Å². The van der Waals surface area contributed by atoms with Gasteiger partial charge in [-0.2, -0.15) is 0 Å². The van der Waals surface area contributed by atoms with E-state index in [2.05, 4.69) is 5.32 Å². The Balaban J connectivity index is 2.41. The van der Waals surface area contributed by atoms with Crippen molar-refractivity contribution in [2.24, 2.45) is 11.7 Å². The predicted octanol–water partition coefficient (Wildman–Crippen LogP) is 2.10. The van der Waals surface area contributed by atoms with E-state index in [0.29, 0.717) is 19.6 Å². The van der Waals surface area contributed by atoms with E-state index in [1.807, 2.05) is 41.5 Å². The lowest BCUT2D eigenvalue weighted by molar-refractivity contribution is 0.0152. The molecule has 0 saturated carbocycles. The van der Waals surface area contributed by atoms with Gasteiger partial charge in [0, 0.05) is 25.7 Å². The molecule has 0 bridgehead atoms. The lowest BCUT2D eigenvalue weighted by Crippen LogP contribution is -2.54. The molecule has 7 nitrogen and oxygen atoms in total. The van der Waals surface area contributed by atoms with Crippen molar-refractivity contribution in [1.82, 2.24) is 10.2 Å². The van der Waals surface area contributed by atoms with Gasteiger partial charge in [0.25, 0.3) is 0 Å². The van der Waals surface area contributed by atoms with Gasteiger partial charge in [-0.05, 0) is 53.9 Å².